The summed E-state index contributed by atoms with van der Waals surface area (Å²) in [6, 6.07) is 12.3. The van der Waals surface area contributed by atoms with Gasteiger partial charge in [0.25, 0.3) is 0 Å². The van der Waals surface area contributed by atoms with E-state index in [1.165, 1.54) is 18.2 Å². The fraction of sp³-hybridized carbons (Fsp3) is 0.294. The molecule has 1 heterocycles. The quantitative estimate of drug-likeness (QED) is 0.779. The van der Waals surface area contributed by atoms with Crippen LogP contribution in [0.3, 0.4) is 0 Å². The molecule has 1 fully saturated rings. The Morgan fingerprint density at radius 2 is 1.83 bits per heavy atom. The number of aliphatic hydroxyl groups excluding tert-OH is 1. The first-order chi connectivity index (χ1) is 11.5. The molecule has 7 heteroatoms. The van der Waals surface area contributed by atoms with E-state index in [-0.39, 0.29) is 22.7 Å². The van der Waals surface area contributed by atoms with Crippen molar-refractivity contribution in [2.24, 2.45) is 0 Å². The first kappa shape index (κ1) is 15.4. The minimum atomic E-state index is -3.76. The van der Waals surface area contributed by atoms with Gasteiger partial charge >= 0.3 is 0 Å². The summed E-state index contributed by atoms with van der Waals surface area (Å²) in [6.45, 7) is 0. The van der Waals surface area contributed by atoms with Crippen molar-refractivity contribution in [3.8, 4) is 11.5 Å². The minimum absolute atomic E-state index is 0.0288. The van der Waals surface area contributed by atoms with Crippen LogP contribution in [0.4, 0.5) is 0 Å². The van der Waals surface area contributed by atoms with E-state index in [4.69, 9.17) is 4.74 Å². The van der Waals surface area contributed by atoms with Crippen LogP contribution in [-0.4, -0.2) is 36.9 Å². The number of hydrogen-bond acceptors (Lipinski definition) is 5. The molecule has 1 aliphatic heterocycles. The first-order valence-electron chi connectivity index (χ1n) is 7.71. The van der Waals surface area contributed by atoms with E-state index >= 15 is 0 Å². The molecule has 0 spiro atoms. The zero-order valence-corrected chi connectivity index (χ0v) is 13.5. The Morgan fingerprint density at radius 1 is 1.08 bits per heavy atom. The summed E-state index contributed by atoms with van der Waals surface area (Å²) in [5, 5.41) is 20.3. The molecule has 2 aliphatic rings. The molecule has 6 nitrogen and oxygen atoms in total. The van der Waals surface area contributed by atoms with E-state index in [9.17, 15) is 18.6 Å². The van der Waals surface area contributed by atoms with Crippen LogP contribution < -0.4 is 9.46 Å². The lowest BCUT2D eigenvalue weighted by Gasteiger charge is -2.22. The molecule has 3 unspecified atom stereocenters. The van der Waals surface area contributed by atoms with E-state index in [0.29, 0.717) is 12.2 Å². The number of aromatic hydroxyl groups is 1. The molecule has 4 atom stereocenters. The third-order valence-corrected chi connectivity index (χ3v) is 6.15. The molecule has 3 N–H and O–H groups in total. The van der Waals surface area contributed by atoms with Crippen molar-refractivity contribution in [2.75, 3.05) is 0 Å². The van der Waals surface area contributed by atoms with Gasteiger partial charge in [0.15, 0.2) is 11.5 Å². The van der Waals surface area contributed by atoms with Crippen LogP contribution in [0.2, 0.25) is 0 Å². The van der Waals surface area contributed by atoms with Crippen LogP contribution in [0, 0.1) is 0 Å². The monoisotopic (exact) mass is 347 g/mol. The second-order valence-electron chi connectivity index (χ2n) is 6.14. The fourth-order valence-electron chi connectivity index (χ4n) is 3.60. The molecule has 0 saturated heterocycles. The van der Waals surface area contributed by atoms with Crippen molar-refractivity contribution in [3.63, 3.8) is 0 Å². The Morgan fingerprint density at radius 3 is 2.58 bits per heavy atom. The van der Waals surface area contributed by atoms with Crippen LogP contribution in [0.25, 0.3) is 0 Å². The predicted molar refractivity (Wildman–Crippen MR) is 86.4 cm³/mol. The number of para-hydroxylation sites is 1. The van der Waals surface area contributed by atoms with Crippen molar-refractivity contribution >= 4 is 10.0 Å². The van der Waals surface area contributed by atoms with Gasteiger partial charge in [0, 0.05) is 17.9 Å². The van der Waals surface area contributed by atoms with Gasteiger partial charge in [-0.1, -0.05) is 30.3 Å². The van der Waals surface area contributed by atoms with Gasteiger partial charge in [-0.2, -0.15) is 0 Å². The molecule has 0 amide bonds. The molecule has 1 saturated carbocycles. The predicted octanol–water partition coefficient (Wildman–Crippen LogP) is 1.35. The lowest BCUT2D eigenvalue weighted by atomic mass is 9.94. The van der Waals surface area contributed by atoms with Gasteiger partial charge in [-0.15, -0.1) is 0 Å². The summed E-state index contributed by atoms with van der Waals surface area (Å²) in [5.74, 6) is 0.0740. The number of hydrogen-bond donors (Lipinski definition) is 3. The SMILES string of the molecule is O=S(=O)(NC1C(O)CC2Oc3c(O)cccc3[C@@H]21)c1ccccc1. The number of phenols is 1. The molecule has 2 aromatic carbocycles. The van der Waals surface area contributed by atoms with Gasteiger partial charge in [0.1, 0.15) is 6.10 Å². The van der Waals surface area contributed by atoms with Gasteiger partial charge in [0.05, 0.1) is 17.0 Å². The Bertz CT molecular complexity index is 868. The summed E-state index contributed by atoms with van der Waals surface area (Å²) in [4.78, 5) is 0.149. The molecular weight excluding hydrogens is 330 g/mol. The van der Waals surface area contributed by atoms with Gasteiger partial charge < -0.3 is 14.9 Å². The highest BCUT2D eigenvalue weighted by Gasteiger charge is 2.51. The highest BCUT2D eigenvalue weighted by Crippen LogP contribution is 2.50. The van der Waals surface area contributed by atoms with E-state index in [2.05, 4.69) is 4.72 Å². The summed E-state index contributed by atoms with van der Waals surface area (Å²) in [7, 11) is -3.76. The Balaban J connectivity index is 1.68. The maximum Gasteiger partial charge on any atom is 0.240 e. The van der Waals surface area contributed by atoms with E-state index in [0.717, 1.165) is 5.56 Å². The second-order valence-corrected chi connectivity index (χ2v) is 7.85. The first-order valence-corrected chi connectivity index (χ1v) is 9.19. The number of rotatable bonds is 3. The summed E-state index contributed by atoms with van der Waals surface area (Å²) >= 11 is 0. The molecule has 0 aromatic heterocycles. The van der Waals surface area contributed by atoms with Crippen molar-refractivity contribution in [1.82, 2.24) is 4.72 Å². The largest absolute Gasteiger partial charge is 0.504 e. The highest BCUT2D eigenvalue weighted by atomic mass is 32.2. The lowest BCUT2D eigenvalue weighted by Crippen LogP contribution is -2.43. The fourth-order valence-corrected chi connectivity index (χ4v) is 4.91. The van der Waals surface area contributed by atoms with Crippen LogP contribution >= 0.6 is 0 Å². The Hall–Kier alpha value is -2.09. The topological polar surface area (TPSA) is 95.9 Å². The molecule has 126 valence electrons. The zero-order valence-electron chi connectivity index (χ0n) is 12.7. The van der Waals surface area contributed by atoms with Crippen LogP contribution in [0.5, 0.6) is 11.5 Å². The van der Waals surface area contributed by atoms with Crippen molar-refractivity contribution in [3.05, 3.63) is 54.1 Å². The number of phenolic OH excluding ortho intramolecular Hbond substituents is 1. The van der Waals surface area contributed by atoms with Crippen molar-refractivity contribution in [1.29, 1.82) is 0 Å². The lowest BCUT2D eigenvalue weighted by molar-refractivity contribution is 0.139. The normalized spacial score (nSPS) is 28.2. The van der Waals surface area contributed by atoms with Gasteiger partial charge in [-0.3, -0.25) is 0 Å². The maximum atomic E-state index is 12.6. The molecule has 4 rings (SSSR count). The smallest absolute Gasteiger partial charge is 0.240 e. The van der Waals surface area contributed by atoms with E-state index < -0.39 is 22.2 Å². The molecule has 2 aromatic rings. The van der Waals surface area contributed by atoms with E-state index in [1.807, 2.05) is 0 Å². The van der Waals surface area contributed by atoms with Crippen molar-refractivity contribution < 1.29 is 23.4 Å². The second kappa shape index (κ2) is 5.47. The Kier molecular flexibility index (Phi) is 3.52. The number of ether oxygens (including phenoxy) is 1. The maximum absolute atomic E-state index is 12.6. The van der Waals surface area contributed by atoms with Gasteiger partial charge in [0.2, 0.25) is 10.0 Å². The van der Waals surface area contributed by atoms with Crippen LogP contribution in [0.15, 0.2) is 53.4 Å². The molecular formula is C17H17NO5S. The van der Waals surface area contributed by atoms with Crippen molar-refractivity contribution in [2.45, 2.75) is 35.5 Å². The summed E-state index contributed by atoms with van der Waals surface area (Å²) in [5.41, 5.74) is 0.720. The standard InChI is InChI=1S/C17H17NO5S/c19-12-8-4-7-11-15-14(23-17(11)12)9-13(20)16(15)18-24(21,22)10-5-2-1-3-6-10/h1-8,13-16,18-20H,9H2/t13?,14?,15-,16?/m0/s1. The third kappa shape index (κ3) is 2.36. The average molecular weight is 347 g/mol. The zero-order chi connectivity index (χ0) is 16.9. The third-order valence-electron chi connectivity index (χ3n) is 4.67. The summed E-state index contributed by atoms with van der Waals surface area (Å²) < 4.78 is 33.5. The number of benzene rings is 2. The summed E-state index contributed by atoms with van der Waals surface area (Å²) in [6.07, 6.45) is -0.901. The molecule has 0 radical (unpaired) electrons. The number of sulfonamides is 1. The average Bonchev–Trinajstić information content (AvgIpc) is 3.06. The molecule has 1 aliphatic carbocycles. The van der Waals surface area contributed by atoms with Gasteiger partial charge in [-0.05, 0) is 18.2 Å². The Labute approximate surface area is 139 Å². The minimum Gasteiger partial charge on any atom is -0.504 e. The number of aliphatic hydroxyl groups is 1. The van der Waals surface area contributed by atoms with E-state index in [1.54, 1.807) is 30.3 Å². The van der Waals surface area contributed by atoms with Crippen LogP contribution in [-0.2, 0) is 10.0 Å². The van der Waals surface area contributed by atoms with Crippen LogP contribution in [0.1, 0.15) is 17.9 Å². The highest BCUT2D eigenvalue weighted by molar-refractivity contribution is 7.89. The number of nitrogens with one attached hydrogen (secondary N) is 1. The van der Waals surface area contributed by atoms with Gasteiger partial charge in [-0.25, -0.2) is 13.1 Å². The number of fused-ring (bicyclic) bond motifs is 3. The molecule has 24 heavy (non-hydrogen) atoms. The molecule has 0 bridgehead atoms.